The van der Waals surface area contributed by atoms with E-state index < -0.39 is 0 Å². The summed E-state index contributed by atoms with van der Waals surface area (Å²) in [5.41, 5.74) is 2.15. The highest BCUT2D eigenvalue weighted by molar-refractivity contribution is 6.31. The minimum atomic E-state index is -0.327. The van der Waals surface area contributed by atoms with Crippen molar-refractivity contribution in [1.29, 1.82) is 0 Å². The van der Waals surface area contributed by atoms with Crippen molar-refractivity contribution in [2.75, 3.05) is 10.6 Å². The van der Waals surface area contributed by atoms with Gasteiger partial charge in [-0.2, -0.15) is 0 Å². The number of halogens is 1. The summed E-state index contributed by atoms with van der Waals surface area (Å²) in [5.74, 6) is -0.141. The highest BCUT2D eigenvalue weighted by Crippen LogP contribution is 2.15. The number of amides is 3. The van der Waals surface area contributed by atoms with E-state index >= 15 is 0 Å². The summed E-state index contributed by atoms with van der Waals surface area (Å²) in [6.45, 7) is 1.78. The summed E-state index contributed by atoms with van der Waals surface area (Å²) in [6, 6.07) is 13.8. The number of anilines is 2. The molecule has 3 amide bonds. The van der Waals surface area contributed by atoms with Crippen molar-refractivity contribution in [3.8, 4) is 0 Å². The van der Waals surface area contributed by atoms with Crippen molar-refractivity contribution in [2.24, 2.45) is 0 Å². The van der Waals surface area contributed by atoms with E-state index in [0.29, 0.717) is 22.9 Å². The van der Waals surface area contributed by atoms with Gasteiger partial charge >= 0.3 is 6.03 Å². The third kappa shape index (κ3) is 4.79. The van der Waals surface area contributed by atoms with Crippen LogP contribution in [0.4, 0.5) is 16.2 Å². The molecule has 0 fully saturated rings. The van der Waals surface area contributed by atoms with E-state index in [4.69, 9.17) is 11.6 Å². The smallest absolute Gasteiger partial charge is 0.319 e. The van der Waals surface area contributed by atoms with Gasteiger partial charge in [0.1, 0.15) is 0 Å². The molecule has 0 bridgehead atoms. The summed E-state index contributed by atoms with van der Waals surface area (Å²) in [5, 5.41) is 8.71. The largest absolute Gasteiger partial charge is 0.334 e. The summed E-state index contributed by atoms with van der Waals surface area (Å²) in [4.78, 5) is 22.7. The number of carbonyl (C=O) groups excluding carboxylic acids is 2. The van der Waals surface area contributed by atoms with Gasteiger partial charge in [-0.3, -0.25) is 4.79 Å². The van der Waals surface area contributed by atoms with Crippen LogP contribution in [0, 0.1) is 0 Å². The number of rotatable bonds is 4. The van der Waals surface area contributed by atoms with Gasteiger partial charge < -0.3 is 16.0 Å². The molecule has 5 nitrogen and oxygen atoms in total. The van der Waals surface area contributed by atoms with Gasteiger partial charge in [-0.25, -0.2) is 4.79 Å². The van der Waals surface area contributed by atoms with Crippen LogP contribution < -0.4 is 16.0 Å². The quantitative estimate of drug-likeness (QED) is 0.806. The van der Waals surface area contributed by atoms with E-state index in [0.717, 1.165) is 5.56 Å². The second-order valence-electron chi connectivity index (χ2n) is 4.66. The first kappa shape index (κ1) is 15.9. The van der Waals surface area contributed by atoms with Gasteiger partial charge in [0.15, 0.2) is 0 Å². The Balaban J connectivity index is 1.87. The van der Waals surface area contributed by atoms with Crippen molar-refractivity contribution in [3.05, 3.63) is 59.1 Å². The topological polar surface area (TPSA) is 70.2 Å². The lowest BCUT2D eigenvalue weighted by molar-refractivity contribution is -0.114. The fraction of sp³-hybridized carbons (Fsp3) is 0.125. The Morgan fingerprint density at radius 1 is 0.955 bits per heavy atom. The molecule has 0 unspecified atom stereocenters. The van der Waals surface area contributed by atoms with Crippen molar-refractivity contribution in [3.63, 3.8) is 0 Å². The van der Waals surface area contributed by atoms with Crippen molar-refractivity contribution >= 4 is 34.9 Å². The number of hydrogen-bond donors (Lipinski definition) is 3. The highest BCUT2D eigenvalue weighted by Gasteiger charge is 2.04. The van der Waals surface area contributed by atoms with E-state index in [1.54, 1.807) is 30.3 Å². The van der Waals surface area contributed by atoms with Crippen LogP contribution in [0.3, 0.4) is 0 Å². The highest BCUT2D eigenvalue weighted by atomic mass is 35.5. The van der Waals surface area contributed by atoms with E-state index in [-0.39, 0.29) is 11.9 Å². The lowest BCUT2D eigenvalue weighted by Crippen LogP contribution is -2.28. The van der Waals surface area contributed by atoms with Crippen LogP contribution in [0.2, 0.25) is 5.02 Å². The average Bonchev–Trinajstić information content (AvgIpc) is 2.48. The molecule has 6 heteroatoms. The van der Waals surface area contributed by atoms with Crippen LogP contribution in [-0.2, 0) is 11.3 Å². The number of benzene rings is 2. The van der Waals surface area contributed by atoms with Gasteiger partial charge in [0.05, 0.1) is 0 Å². The molecular weight excluding hydrogens is 302 g/mol. The molecule has 0 aliphatic carbocycles. The maximum atomic E-state index is 11.8. The lowest BCUT2D eigenvalue weighted by atomic mass is 10.2. The molecule has 2 aromatic rings. The fourth-order valence-electron chi connectivity index (χ4n) is 1.83. The predicted octanol–water partition coefficient (Wildman–Crippen LogP) is 3.62. The zero-order valence-electron chi connectivity index (χ0n) is 12.0. The molecule has 0 aromatic heterocycles. The molecule has 3 N–H and O–H groups in total. The third-order valence-corrected chi connectivity index (χ3v) is 3.23. The van der Waals surface area contributed by atoms with Crippen LogP contribution in [0.5, 0.6) is 0 Å². The van der Waals surface area contributed by atoms with Gasteiger partial charge in [0.2, 0.25) is 5.91 Å². The number of carbonyl (C=O) groups is 2. The lowest BCUT2D eigenvalue weighted by Gasteiger charge is -2.09. The van der Waals surface area contributed by atoms with Crippen LogP contribution >= 0.6 is 11.6 Å². The second kappa shape index (κ2) is 7.47. The van der Waals surface area contributed by atoms with Crippen molar-refractivity contribution < 1.29 is 9.59 Å². The van der Waals surface area contributed by atoms with Crippen molar-refractivity contribution in [1.82, 2.24) is 5.32 Å². The third-order valence-electron chi connectivity index (χ3n) is 2.86. The van der Waals surface area contributed by atoms with Gasteiger partial charge in [-0.1, -0.05) is 29.8 Å². The number of hydrogen-bond acceptors (Lipinski definition) is 2. The van der Waals surface area contributed by atoms with Gasteiger partial charge in [-0.15, -0.1) is 0 Å². The standard InChI is InChI=1S/C16H16ClN3O2/c1-11(21)19-13-6-8-14(9-7-13)20-16(22)18-10-12-4-2-3-5-15(12)17/h2-9H,10H2,1H3,(H,19,21)(H2,18,20,22). The molecule has 0 atom stereocenters. The van der Waals surface area contributed by atoms with E-state index in [9.17, 15) is 9.59 Å². The van der Waals surface area contributed by atoms with E-state index in [2.05, 4.69) is 16.0 Å². The first-order valence-corrected chi connectivity index (χ1v) is 7.08. The molecule has 0 aliphatic rings. The minimum absolute atomic E-state index is 0.141. The predicted molar refractivity (Wildman–Crippen MR) is 88.1 cm³/mol. The van der Waals surface area contributed by atoms with Crippen LogP contribution in [-0.4, -0.2) is 11.9 Å². The SMILES string of the molecule is CC(=O)Nc1ccc(NC(=O)NCc2ccccc2Cl)cc1. The Labute approximate surface area is 133 Å². The molecular formula is C16H16ClN3O2. The number of urea groups is 1. The normalized spacial score (nSPS) is 9.91. The Kier molecular flexibility index (Phi) is 5.38. The fourth-order valence-corrected chi connectivity index (χ4v) is 2.04. The molecule has 0 heterocycles. The van der Waals surface area contributed by atoms with Gasteiger partial charge in [0.25, 0.3) is 0 Å². The molecule has 0 saturated heterocycles. The zero-order chi connectivity index (χ0) is 15.9. The van der Waals surface area contributed by atoms with Gasteiger partial charge in [-0.05, 0) is 35.9 Å². The molecule has 0 saturated carbocycles. The summed E-state index contributed by atoms with van der Waals surface area (Å²) in [6.07, 6.45) is 0. The molecule has 114 valence electrons. The summed E-state index contributed by atoms with van der Waals surface area (Å²) < 4.78 is 0. The first-order chi connectivity index (χ1) is 10.5. The molecule has 2 aromatic carbocycles. The molecule has 22 heavy (non-hydrogen) atoms. The average molecular weight is 318 g/mol. The monoisotopic (exact) mass is 317 g/mol. The van der Waals surface area contributed by atoms with Crippen molar-refractivity contribution in [2.45, 2.75) is 13.5 Å². The molecule has 0 aliphatic heterocycles. The second-order valence-corrected chi connectivity index (χ2v) is 5.06. The van der Waals surface area contributed by atoms with Crippen LogP contribution in [0.1, 0.15) is 12.5 Å². The molecule has 0 spiro atoms. The maximum Gasteiger partial charge on any atom is 0.319 e. The number of nitrogens with one attached hydrogen (secondary N) is 3. The molecule has 2 rings (SSSR count). The Morgan fingerprint density at radius 3 is 2.14 bits per heavy atom. The molecule has 0 radical (unpaired) electrons. The summed E-state index contributed by atoms with van der Waals surface area (Å²) in [7, 11) is 0. The maximum absolute atomic E-state index is 11.8. The van der Waals surface area contributed by atoms with Crippen LogP contribution in [0.25, 0.3) is 0 Å². The van der Waals surface area contributed by atoms with Gasteiger partial charge in [0, 0.05) is 29.9 Å². The Hall–Kier alpha value is -2.53. The first-order valence-electron chi connectivity index (χ1n) is 6.70. The Bertz CT molecular complexity index is 671. The zero-order valence-corrected chi connectivity index (χ0v) is 12.8. The summed E-state index contributed by atoms with van der Waals surface area (Å²) >= 11 is 6.02. The minimum Gasteiger partial charge on any atom is -0.334 e. The van der Waals surface area contributed by atoms with Crippen LogP contribution in [0.15, 0.2) is 48.5 Å². The van der Waals surface area contributed by atoms with E-state index in [1.807, 2.05) is 18.2 Å². The Morgan fingerprint density at radius 2 is 1.55 bits per heavy atom. The van der Waals surface area contributed by atoms with E-state index in [1.165, 1.54) is 6.92 Å².